The quantitative estimate of drug-likeness (QED) is 0.900. The molecule has 23 heavy (non-hydrogen) atoms. The molecule has 1 saturated heterocycles. The molecule has 0 amide bonds. The van der Waals surface area contributed by atoms with Crippen LogP contribution in [0.15, 0.2) is 29.3 Å². The Morgan fingerprint density at radius 2 is 1.70 bits per heavy atom. The number of sulfonamides is 1. The number of benzene rings is 1. The van der Waals surface area contributed by atoms with Crippen molar-refractivity contribution in [3.8, 4) is 0 Å². The fraction of sp³-hybridized carbons (Fsp3) is 0.467. The van der Waals surface area contributed by atoms with Crippen molar-refractivity contribution in [2.24, 2.45) is 0 Å². The lowest BCUT2D eigenvalue weighted by molar-refractivity contribution is -0.137. The highest BCUT2D eigenvalue weighted by atomic mass is 32.2. The Bertz CT molecular complexity index is 804. The maximum atomic E-state index is 13.1. The minimum absolute atomic E-state index is 0.174. The molecule has 0 saturated carbocycles. The van der Waals surface area contributed by atoms with E-state index >= 15 is 0 Å². The number of halogens is 3. The fourth-order valence-corrected chi connectivity index (χ4v) is 4.68. The zero-order chi connectivity index (χ0) is 16.7. The number of H-pyrrole nitrogens is 1. The number of hydrogen-bond donors (Lipinski definition) is 1. The van der Waals surface area contributed by atoms with Crippen LogP contribution >= 0.6 is 0 Å². The van der Waals surface area contributed by atoms with E-state index in [2.05, 4.69) is 4.98 Å². The molecular weight excluding hydrogens is 329 g/mol. The predicted molar refractivity (Wildman–Crippen MR) is 80.5 cm³/mol. The molecule has 0 radical (unpaired) electrons. The van der Waals surface area contributed by atoms with Crippen molar-refractivity contribution < 1.29 is 21.6 Å². The molecule has 1 fully saturated rings. The zero-order valence-electron chi connectivity index (χ0n) is 12.4. The van der Waals surface area contributed by atoms with Gasteiger partial charge in [0, 0.05) is 30.2 Å². The molecule has 1 aliphatic heterocycles. The lowest BCUT2D eigenvalue weighted by Gasteiger charge is -2.21. The van der Waals surface area contributed by atoms with Crippen molar-refractivity contribution in [1.82, 2.24) is 9.29 Å². The van der Waals surface area contributed by atoms with E-state index in [1.54, 1.807) is 0 Å². The minimum atomic E-state index is -4.59. The van der Waals surface area contributed by atoms with E-state index in [0.717, 1.165) is 37.8 Å². The van der Waals surface area contributed by atoms with Crippen LogP contribution in [0.25, 0.3) is 10.9 Å². The number of aromatic amines is 1. The number of nitrogens with one attached hydrogen (secondary N) is 1. The summed E-state index contributed by atoms with van der Waals surface area (Å²) in [6.07, 6.45) is 0.194. The second kappa shape index (κ2) is 5.83. The summed E-state index contributed by atoms with van der Waals surface area (Å²) in [5.41, 5.74) is -0.783. The molecule has 0 bridgehead atoms. The highest BCUT2D eigenvalue weighted by Crippen LogP contribution is 2.35. The van der Waals surface area contributed by atoms with Crippen molar-refractivity contribution in [3.63, 3.8) is 0 Å². The van der Waals surface area contributed by atoms with Gasteiger partial charge in [0.15, 0.2) is 0 Å². The molecule has 3 rings (SSSR count). The minimum Gasteiger partial charge on any atom is -0.361 e. The van der Waals surface area contributed by atoms with Gasteiger partial charge >= 0.3 is 6.18 Å². The summed E-state index contributed by atoms with van der Waals surface area (Å²) in [6.45, 7) is 0.703. The normalized spacial score (nSPS) is 18.2. The average Bonchev–Trinajstić information content (AvgIpc) is 2.77. The summed E-state index contributed by atoms with van der Waals surface area (Å²) in [6, 6.07) is 3.19. The molecule has 2 aromatic rings. The summed E-state index contributed by atoms with van der Waals surface area (Å²) in [5.74, 6) is 0. The molecule has 4 nitrogen and oxygen atoms in total. The first-order chi connectivity index (χ1) is 10.8. The summed E-state index contributed by atoms with van der Waals surface area (Å²) >= 11 is 0. The molecule has 1 N–H and O–H groups in total. The van der Waals surface area contributed by atoms with Crippen LogP contribution in [-0.4, -0.2) is 30.8 Å². The third kappa shape index (κ3) is 3.10. The largest absolute Gasteiger partial charge is 0.416 e. The Kier molecular flexibility index (Phi) is 4.14. The van der Waals surface area contributed by atoms with E-state index in [4.69, 9.17) is 0 Å². The van der Waals surface area contributed by atoms with Crippen LogP contribution in [0, 0.1) is 0 Å². The maximum absolute atomic E-state index is 13.1. The standard InChI is InChI=1S/C15H17F3N2O2S/c16-15(17,18)11-9-13-12(5-6-19-13)14(10-11)23(21,22)20-7-3-1-2-4-8-20/h5-6,9-10,19H,1-4,7-8H2. The average molecular weight is 346 g/mol. The lowest BCUT2D eigenvalue weighted by atomic mass is 10.1. The first kappa shape index (κ1) is 16.3. The predicted octanol–water partition coefficient (Wildman–Crippen LogP) is 3.75. The third-order valence-electron chi connectivity index (χ3n) is 4.14. The van der Waals surface area contributed by atoms with Crippen LogP contribution < -0.4 is 0 Å². The zero-order valence-corrected chi connectivity index (χ0v) is 13.2. The first-order valence-electron chi connectivity index (χ1n) is 7.48. The Morgan fingerprint density at radius 3 is 2.30 bits per heavy atom. The van der Waals surface area contributed by atoms with Crippen LogP contribution in [0.5, 0.6) is 0 Å². The second-order valence-electron chi connectivity index (χ2n) is 5.73. The Labute approximate surface area is 132 Å². The van der Waals surface area contributed by atoms with E-state index in [1.807, 2.05) is 0 Å². The highest BCUT2D eigenvalue weighted by Gasteiger charge is 2.35. The molecule has 1 aromatic carbocycles. The third-order valence-corrected chi connectivity index (χ3v) is 6.08. The van der Waals surface area contributed by atoms with E-state index in [1.165, 1.54) is 16.6 Å². The highest BCUT2D eigenvalue weighted by molar-refractivity contribution is 7.89. The van der Waals surface area contributed by atoms with Crippen molar-refractivity contribution in [1.29, 1.82) is 0 Å². The molecule has 0 unspecified atom stereocenters. The molecular formula is C15H17F3N2O2S. The Morgan fingerprint density at radius 1 is 1.04 bits per heavy atom. The molecule has 8 heteroatoms. The van der Waals surface area contributed by atoms with Crippen LogP contribution in [0.3, 0.4) is 0 Å². The maximum Gasteiger partial charge on any atom is 0.416 e. The van der Waals surface area contributed by atoms with Gasteiger partial charge < -0.3 is 4.98 Å². The van der Waals surface area contributed by atoms with Crippen molar-refractivity contribution in [2.45, 2.75) is 36.8 Å². The number of alkyl halides is 3. The smallest absolute Gasteiger partial charge is 0.361 e. The lowest BCUT2D eigenvalue weighted by Crippen LogP contribution is -2.32. The number of aromatic nitrogens is 1. The molecule has 1 aliphatic rings. The fourth-order valence-electron chi connectivity index (χ4n) is 2.93. The van der Waals surface area contributed by atoms with Gasteiger partial charge in [0.05, 0.1) is 10.5 Å². The number of fused-ring (bicyclic) bond motifs is 1. The number of nitrogens with zero attached hydrogens (tertiary/aromatic N) is 1. The molecule has 0 atom stereocenters. The summed E-state index contributed by atoms with van der Waals surface area (Å²) in [7, 11) is -3.95. The van der Waals surface area contributed by atoms with Crippen LogP contribution in [0.2, 0.25) is 0 Å². The Hall–Kier alpha value is -1.54. The van der Waals surface area contributed by atoms with Crippen molar-refractivity contribution >= 4 is 20.9 Å². The SMILES string of the molecule is O=S(=O)(c1cc(C(F)(F)F)cc2[nH]ccc12)N1CCCCCC1. The van der Waals surface area contributed by atoms with Crippen LogP contribution in [0.1, 0.15) is 31.2 Å². The topological polar surface area (TPSA) is 53.2 Å². The Balaban J connectivity index is 2.15. The van der Waals surface area contributed by atoms with Gasteiger partial charge in [-0.2, -0.15) is 17.5 Å². The van der Waals surface area contributed by atoms with Crippen molar-refractivity contribution in [3.05, 3.63) is 30.0 Å². The molecule has 2 heterocycles. The molecule has 126 valence electrons. The van der Waals surface area contributed by atoms with Gasteiger partial charge in [-0.15, -0.1) is 0 Å². The van der Waals surface area contributed by atoms with Gasteiger partial charge in [0.25, 0.3) is 0 Å². The van der Waals surface area contributed by atoms with Gasteiger partial charge in [0.1, 0.15) is 0 Å². The second-order valence-corrected chi connectivity index (χ2v) is 7.64. The monoisotopic (exact) mass is 346 g/mol. The first-order valence-corrected chi connectivity index (χ1v) is 8.92. The van der Waals surface area contributed by atoms with E-state index in [0.29, 0.717) is 18.5 Å². The van der Waals surface area contributed by atoms with Gasteiger partial charge in [0.2, 0.25) is 10.0 Å². The van der Waals surface area contributed by atoms with Gasteiger partial charge in [-0.3, -0.25) is 0 Å². The van der Waals surface area contributed by atoms with Crippen molar-refractivity contribution in [2.75, 3.05) is 13.1 Å². The van der Waals surface area contributed by atoms with E-state index in [-0.39, 0.29) is 10.4 Å². The van der Waals surface area contributed by atoms with E-state index < -0.39 is 21.8 Å². The summed E-state index contributed by atoms with van der Waals surface area (Å²) < 4.78 is 66.3. The molecule has 1 aromatic heterocycles. The summed E-state index contributed by atoms with van der Waals surface area (Å²) in [4.78, 5) is 2.40. The van der Waals surface area contributed by atoms with E-state index in [9.17, 15) is 21.6 Å². The van der Waals surface area contributed by atoms with Gasteiger partial charge in [-0.05, 0) is 31.0 Å². The summed E-state index contributed by atoms with van der Waals surface area (Å²) in [5, 5.41) is 0.294. The van der Waals surface area contributed by atoms with Gasteiger partial charge in [-0.1, -0.05) is 12.8 Å². The molecule has 0 aliphatic carbocycles. The van der Waals surface area contributed by atoms with Gasteiger partial charge in [-0.25, -0.2) is 8.42 Å². The number of hydrogen-bond acceptors (Lipinski definition) is 2. The van der Waals surface area contributed by atoms with Crippen LogP contribution in [-0.2, 0) is 16.2 Å². The molecule has 0 spiro atoms. The van der Waals surface area contributed by atoms with Crippen LogP contribution in [0.4, 0.5) is 13.2 Å². The number of rotatable bonds is 2.